The van der Waals surface area contributed by atoms with Gasteiger partial charge in [-0.2, -0.15) is 0 Å². The first-order valence-corrected chi connectivity index (χ1v) is 6.96. The number of nitrogens with one attached hydrogen (secondary N) is 1. The van der Waals surface area contributed by atoms with E-state index in [4.69, 9.17) is 17.3 Å². The molecule has 0 aromatic heterocycles. The largest absolute Gasteiger partial charge is 0.327 e. The van der Waals surface area contributed by atoms with Gasteiger partial charge < -0.3 is 11.1 Å². The number of hydrogen-bond acceptors (Lipinski definition) is 3. The van der Waals surface area contributed by atoms with Crippen LogP contribution in [0.5, 0.6) is 0 Å². The molecule has 4 nitrogen and oxygen atoms in total. The average molecular weight is 282 g/mol. The van der Waals surface area contributed by atoms with Gasteiger partial charge in [0.15, 0.2) is 0 Å². The molecule has 1 amide bonds. The summed E-state index contributed by atoms with van der Waals surface area (Å²) in [6.45, 7) is 4.06. The molecular formula is C14H20ClN3O. The molecule has 1 atom stereocenters. The normalized spacial score (nSPS) is 20.3. The van der Waals surface area contributed by atoms with Crippen molar-refractivity contribution in [2.24, 2.45) is 5.73 Å². The summed E-state index contributed by atoms with van der Waals surface area (Å²) in [6.07, 6.45) is 2.10. The number of carbonyl (C=O) groups excluding carboxylic acids is 1. The van der Waals surface area contributed by atoms with Crippen molar-refractivity contribution in [2.75, 3.05) is 25.0 Å². The maximum absolute atomic E-state index is 12.0. The fraction of sp³-hybridized carbons (Fsp3) is 0.500. The zero-order chi connectivity index (χ0) is 13.8. The maximum atomic E-state index is 12.0. The smallest absolute Gasteiger partial charge is 0.238 e. The Bertz CT molecular complexity index is 464. The van der Waals surface area contributed by atoms with Gasteiger partial charge in [0, 0.05) is 12.6 Å². The second kappa shape index (κ2) is 6.37. The van der Waals surface area contributed by atoms with E-state index in [1.807, 2.05) is 25.1 Å². The van der Waals surface area contributed by atoms with Crippen molar-refractivity contribution in [1.29, 1.82) is 0 Å². The second-order valence-corrected chi connectivity index (χ2v) is 5.58. The fourth-order valence-electron chi connectivity index (χ4n) is 2.35. The standard InChI is InChI=1S/C14H20ClN3O/c1-10-4-5-13(12(15)7-10)17-14(19)9-18-6-2-3-11(16)8-18/h4-5,7,11H,2-3,6,8-9,16H2,1H3,(H,17,19). The van der Waals surface area contributed by atoms with Gasteiger partial charge in [0.1, 0.15) is 0 Å². The fourth-order valence-corrected chi connectivity index (χ4v) is 2.63. The lowest BCUT2D eigenvalue weighted by Crippen LogP contribution is -2.45. The number of benzene rings is 1. The number of nitrogens with two attached hydrogens (primary N) is 1. The first-order valence-electron chi connectivity index (χ1n) is 6.58. The summed E-state index contributed by atoms with van der Waals surface area (Å²) in [5, 5.41) is 3.42. The van der Waals surface area contributed by atoms with E-state index in [2.05, 4.69) is 10.2 Å². The van der Waals surface area contributed by atoms with Crippen LogP contribution in [0.3, 0.4) is 0 Å². The van der Waals surface area contributed by atoms with Gasteiger partial charge >= 0.3 is 0 Å². The molecule has 1 fully saturated rings. The third kappa shape index (κ3) is 4.20. The Morgan fingerprint density at radius 3 is 3.05 bits per heavy atom. The van der Waals surface area contributed by atoms with Crippen molar-refractivity contribution in [2.45, 2.75) is 25.8 Å². The van der Waals surface area contributed by atoms with E-state index in [-0.39, 0.29) is 11.9 Å². The van der Waals surface area contributed by atoms with E-state index in [0.717, 1.165) is 31.5 Å². The number of amides is 1. The summed E-state index contributed by atoms with van der Waals surface area (Å²) in [7, 11) is 0. The summed E-state index contributed by atoms with van der Waals surface area (Å²) in [5.74, 6) is -0.0418. The number of halogens is 1. The highest BCUT2D eigenvalue weighted by Crippen LogP contribution is 2.22. The van der Waals surface area contributed by atoms with Gasteiger partial charge in [-0.25, -0.2) is 0 Å². The number of piperidine rings is 1. The van der Waals surface area contributed by atoms with E-state index in [0.29, 0.717) is 17.3 Å². The molecule has 1 heterocycles. The number of likely N-dealkylation sites (tertiary alicyclic amines) is 1. The van der Waals surface area contributed by atoms with Crippen LogP contribution >= 0.6 is 11.6 Å². The van der Waals surface area contributed by atoms with Gasteiger partial charge in [-0.3, -0.25) is 9.69 Å². The molecule has 0 aliphatic carbocycles. The van der Waals surface area contributed by atoms with E-state index in [1.165, 1.54) is 0 Å². The van der Waals surface area contributed by atoms with Crippen LogP contribution in [0.15, 0.2) is 18.2 Å². The molecule has 5 heteroatoms. The number of hydrogen-bond donors (Lipinski definition) is 2. The van der Waals surface area contributed by atoms with Crippen molar-refractivity contribution >= 4 is 23.2 Å². The van der Waals surface area contributed by atoms with Gasteiger partial charge in [-0.15, -0.1) is 0 Å². The molecule has 0 radical (unpaired) electrons. The highest BCUT2D eigenvalue weighted by Gasteiger charge is 2.19. The lowest BCUT2D eigenvalue weighted by atomic mass is 10.1. The quantitative estimate of drug-likeness (QED) is 0.891. The van der Waals surface area contributed by atoms with Gasteiger partial charge in [-0.1, -0.05) is 17.7 Å². The van der Waals surface area contributed by atoms with Crippen LogP contribution in [0.4, 0.5) is 5.69 Å². The number of nitrogens with zero attached hydrogens (tertiary/aromatic N) is 1. The minimum Gasteiger partial charge on any atom is -0.327 e. The van der Waals surface area contributed by atoms with Crippen molar-refractivity contribution in [1.82, 2.24) is 4.90 Å². The Morgan fingerprint density at radius 1 is 1.58 bits per heavy atom. The van der Waals surface area contributed by atoms with Gasteiger partial charge in [0.05, 0.1) is 17.3 Å². The average Bonchev–Trinajstić information content (AvgIpc) is 2.33. The van der Waals surface area contributed by atoms with Crippen molar-refractivity contribution in [3.8, 4) is 0 Å². The van der Waals surface area contributed by atoms with E-state index >= 15 is 0 Å². The van der Waals surface area contributed by atoms with Crippen LogP contribution in [0, 0.1) is 6.92 Å². The van der Waals surface area contributed by atoms with Crippen molar-refractivity contribution < 1.29 is 4.79 Å². The maximum Gasteiger partial charge on any atom is 0.238 e. The van der Waals surface area contributed by atoms with Crippen LogP contribution in [0.1, 0.15) is 18.4 Å². The van der Waals surface area contributed by atoms with Crippen LogP contribution in [0.25, 0.3) is 0 Å². The van der Waals surface area contributed by atoms with Gasteiger partial charge in [0.2, 0.25) is 5.91 Å². The monoisotopic (exact) mass is 281 g/mol. The molecule has 2 rings (SSSR count). The predicted molar refractivity (Wildman–Crippen MR) is 78.5 cm³/mol. The molecule has 1 aromatic carbocycles. The Hall–Kier alpha value is -1.10. The molecule has 1 saturated heterocycles. The molecule has 19 heavy (non-hydrogen) atoms. The first kappa shape index (κ1) is 14.3. The van der Waals surface area contributed by atoms with E-state index in [9.17, 15) is 4.79 Å². The summed E-state index contributed by atoms with van der Waals surface area (Å²) < 4.78 is 0. The van der Waals surface area contributed by atoms with Crippen molar-refractivity contribution in [3.63, 3.8) is 0 Å². The molecular weight excluding hydrogens is 262 g/mol. The summed E-state index contributed by atoms with van der Waals surface area (Å²) in [5.41, 5.74) is 7.64. The van der Waals surface area contributed by atoms with Crippen LogP contribution in [0.2, 0.25) is 5.02 Å². The molecule has 1 aliphatic rings. The lowest BCUT2D eigenvalue weighted by molar-refractivity contribution is -0.117. The second-order valence-electron chi connectivity index (χ2n) is 5.17. The summed E-state index contributed by atoms with van der Waals surface area (Å²) in [4.78, 5) is 14.1. The number of carbonyl (C=O) groups is 1. The molecule has 0 spiro atoms. The Labute approximate surface area is 118 Å². The molecule has 104 valence electrons. The van der Waals surface area contributed by atoms with Crippen LogP contribution < -0.4 is 11.1 Å². The molecule has 3 N–H and O–H groups in total. The summed E-state index contributed by atoms with van der Waals surface area (Å²) in [6, 6.07) is 5.79. The third-order valence-electron chi connectivity index (χ3n) is 3.31. The third-order valence-corrected chi connectivity index (χ3v) is 3.62. The zero-order valence-electron chi connectivity index (χ0n) is 11.2. The Kier molecular flexibility index (Phi) is 4.80. The highest BCUT2D eigenvalue weighted by molar-refractivity contribution is 6.33. The number of anilines is 1. The first-order chi connectivity index (χ1) is 9.04. The number of rotatable bonds is 3. The van der Waals surface area contributed by atoms with Gasteiger partial charge in [-0.05, 0) is 44.0 Å². The minimum atomic E-state index is -0.0418. The predicted octanol–water partition coefficient (Wildman–Crippen LogP) is 2.01. The Balaban J connectivity index is 1.90. The van der Waals surface area contributed by atoms with Gasteiger partial charge in [0.25, 0.3) is 0 Å². The molecule has 0 bridgehead atoms. The molecule has 1 aromatic rings. The molecule has 1 aliphatic heterocycles. The van der Waals surface area contributed by atoms with E-state index < -0.39 is 0 Å². The number of aryl methyl sites for hydroxylation is 1. The SMILES string of the molecule is Cc1ccc(NC(=O)CN2CCCC(N)C2)c(Cl)c1. The zero-order valence-corrected chi connectivity index (χ0v) is 11.9. The molecule has 0 saturated carbocycles. The summed E-state index contributed by atoms with van der Waals surface area (Å²) >= 11 is 6.09. The van der Waals surface area contributed by atoms with E-state index in [1.54, 1.807) is 0 Å². The lowest BCUT2D eigenvalue weighted by Gasteiger charge is -2.29. The Morgan fingerprint density at radius 2 is 2.37 bits per heavy atom. The van der Waals surface area contributed by atoms with Crippen molar-refractivity contribution in [3.05, 3.63) is 28.8 Å². The van der Waals surface area contributed by atoms with Crippen LogP contribution in [-0.2, 0) is 4.79 Å². The topological polar surface area (TPSA) is 58.4 Å². The van der Waals surface area contributed by atoms with Crippen LogP contribution in [-0.4, -0.2) is 36.5 Å². The highest BCUT2D eigenvalue weighted by atomic mass is 35.5. The molecule has 1 unspecified atom stereocenters. The minimum absolute atomic E-state index is 0.0418.